The number of nitrogens with zero attached hydrogens (tertiary/aromatic N) is 4. The Morgan fingerprint density at radius 1 is 1.22 bits per heavy atom. The van der Waals surface area contributed by atoms with Crippen LogP contribution in [-0.4, -0.2) is 19.9 Å². The average molecular weight is 403 g/mol. The van der Waals surface area contributed by atoms with E-state index in [9.17, 15) is 4.39 Å². The number of hydrogen-bond acceptors (Lipinski definition) is 8. The van der Waals surface area contributed by atoms with E-state index in [0.717, 1.165) is 10.6 Å². The van der Waals surface area contributed by atoms with Crippen LogP contribution in [0.3, 0.4) is 0 Å². The van der Waals surface area contributed by atoms with Gasteiger partial charge in [-0.1, -0.05) is 17.8 Å². The summed E-state index contributed by atoms with van der Waals surface area (Å²) < 4.78 is 25.3. The molecule has 2 N–H and O–H groups in total. The second kappa shape index (κ2) is 7.80. The number of oxazole rings is 1. The van der Waals surface area contributed by atoms with E-state index in [0.29, 0.717) is 28.4 Å². The van der Waals surface area contributed by atoms with E-state index < -0.39 is 0 Å². The molecule has 3 aromatic heterocycles. The molecule has 1 aromatic carbocycles. The molecule has 4 aromatic rings. The third kappa shape index (κ3) is 4.12. The third-order valence-corrected chi connectivity index (χ3v) is 5.38. The lowest BCUT2D eigenvalue weighted by Gasteiger charge is -2.06. The van der Waals surface area contributed by atoms with Gasteiger partial charge in [-0.25, -0.2) is 14.1 Å². The third-order valence-electron chi connectivity index (χ3n) is 3.55. The molecule has 0 aliphatic rings. The Morgan fingerprint density at radius 3 is 2.85 bits per heavy atom. The zero-order valence-electron chi connectivity index (χ0n) is 13.9. The summed E-state index contributed by atoms with van der Waals surface area (Å²) in [5.74, 6) is 7.84. The summed E-state index contributed by atoms with van der Waals surface area (Å²) in [5, 5.41) is 10.6. The largest absolute Gasteiger partial charge is 0.486 e. The van der Waals surface area contributed by atoms with Crippen LogP contribution in [0.4, 0.5) is 4.39 Å². The maximum Gasteiger partial charge on any atom is 0.236 e. The lowest BCUT2D eigenvalue weighted by atomic mass is 10.3. The summed E-state index contributed by atoms with van der Waals surface area (Å²) in [6.45, 7) is 0.127. The smallest absolute Gasteiger partial charge is 0.236 e. The first-order valence-electron chi connectivity index (χ1n) is 7.88. The molecule has 0 radical (unpaired) electrons. The number of ether oxygens (including phenoxy) is 1. The highest BCUT2D eigenvalue weighted by molar-refractivity contribution is 7.98. The maximum absolute atomic E-state index is 12.9. The molecule has 0 aliphatic heterocycles. The van der Waals surface area contributed by atoms with Crippen LogP contribution in [0, 0.1) is 5.82 Å². The van der Waals surface area contributed by atoms with E-state index in [2.05, 4.69) is 15.2 Å². The predicted octanol–water partition coefficient (Wildman–Crippen LogP) is 3.72. The molecular weight excluding hydrogens is 389 g/mol. The number of aromatic nitrogens is 4. The molecule has 4 rings (SSSR count). The molecule has 0 aliphatic carbocycles. The SMILES string of the molecule is Nn1c(COc2ccc(F)cc2)nnc1SCc1coc(-c2cccs2)n1. The predicted molar refractivity (Wildman–Crippen MR) is 100 cm³/mol. The summed E-state index contributed by atoms with van der Waals surface area (Å²) >= 11 is 2.97. The van der Waals surface area contributed by atoms with Gasteiger partial charge in [-0.2, -0.15) is 0 Å². The molecule has 0 bridgehead atoms. The van der Waals surface area contributed by atoms with Crippen molar-refractivity contribution < 1.29 is 13.5 Å². The van der Waals surface area contributed by atoms with Gasteiger partial charge in [0.15, 0.2) is 5.82 Å². The van der Waals surface area contributed by atoms with Gasteiger partial charge in [0.05, 0.1) is 10.6 Å². The van der Waals surface area contributed by atoms with Crippen LogP contribution in [0.2, 0.25) is 0 Å². The van der Waals surface area contributed by atoms with E-state index in [-0.39, 0.29) is 12.4 Å². The molecule has 0 fully saturated rings. The Balaban J connectivity index is 1.35. The van der Waals surface area contributed by atoms with Crippen molar-refractivity contribution in [3.63, 3.8) is 0 Å². The van der Waals surface area contributed by atoms with E-state index in [1.807, 2.05) is 17.5 Å². The zero-order valence-corrected chi connectivity index (χ0v) is 15.5. The first-order chi connectivity index (χ1) is 13.2. The van der Waals surface area contributed by atoms with Crippen molar-refractivity contribution in [2.75, 3.05) is 5.84 Å². The Morgan fingerprint density at radius 2 is 2.07 bits per heavy atom. The van der Waals surface area contributed by atoms with E-state index in [4.69, 9.17) is 15.0 Å². The van der Waals surface area contributed by atoms with Crippen LogP contribution in [-0.2, 0) is 12.4 Å². The number of halogens is 1. The number of rotatable bonds is 7. The van der Waals surface area contributed by atoms with Crippen LogP contribution < -0.4 is 10.6 Å². The van der Waals surface area contributed by atoms with Crippen LogP contribution in [0.5, 0.6) is 5.75 Å². The van der Waals surface area contributed by atoms with Gasteiger partial charge in [0.1, 0.15) is 24.4 Å². The van der Waals surface area contributed by atoms with Crippen molar-refractivity contribution in [3.8, 4) is 16.5 Å². The van der Waals surface area contributed by atoms with Crippen molar-refractivity contribution >= 4 is 23.1 Å². The molecule has 0 saturated heterocycles. The van der Waals surface area contributed by atoms with Gasteiger partial charge in [-0.05, 0) is 35.7 Å². The molecule has 0 atom stereocenters. The molecule has 3 heterocycles. The number of nitrogen functional groups attached to an aromatic ring is 1. The Labute approximate surface area is 162 Å². The van der Waals surface area contributed by atoms with Crippen molar-refractivity contribution in [1.82, 2.24) is 19.9 Å². The number of thioether (sulfide) groups is 1. The molecule has 10 heteroatoms. The quantitative estimate of drug-likeness (QED) is 0.371. The highest BCUT2D eigenvalue weighted by atomic mass is 32.2. The summed E-state index contributed by atoms with van der Waals surface area (Å²) in [6, 6.07) is 9.64. The van der Waals surface area contributed by atoms with Crippen LogP contribution in [0.25, 0.3) is 10.8 Å². The van der Waals surface area contributed by atoms with E-state index in [1.54, 1.807) is 17.6 Å². The second-order valence-corrected chi connectivity index (χ2v) is 7.31. The summed E-state index contributed by atoms with van der Waals surface area (Å²) in [6.07, 6.45) is 1.62. The molecule has 138 valence electrons. The fourth-order valence-corrected chi connectivity index (χ4v) is 3.62. The number of nitrogens with two attached hydrogens (primary N) is 1. The normalized spacial score (nSPS) is 11.0. The van der Waals surface area contributed by atoms with E-state index in [1.165, 1.54) is 40.7 Å². The summed E-state index contributed by atoms with van der Waals surface area (Å²) in [7, 11) is 0. The molecule has 0 amide bonds. The fraction of sp³-hybridized carbons (Fsp3) is 0.118. The molecule has 0 saturated carbocycles. The van der Waals surface area contributed by atoms with Gasteiger partial charge in [0, 0.05) is 5.75 Å². The number of benzene rings is 1. The average Bonchev–Trinajstić information content (AvgIpc) is 3.41. The highest BCUT2D eigenvalue weighted by Crippen LogP contribution is 2.26. The van der Waals surface area contributed by atoms with E-state index >= 15 is 0 Å². The van der Waals surface area contributed by atoms with Crippen LogP contribution in [0.1, 0.15) is 11.5 Å². The molecule has 7 nitrogen and oxygen atoms in total. The summed E-state index contributed by atoms with van der Waals surface area (Å²) in [5.41, 5.74) is 0.788. The van der Waals surface area contributed by atoms with Crippen LogP contribution >= 0.6 is 23.1 Å². The minimum atomic E-state index is -0.321. The monoisotopic (exact) mass is 403 g/mol. The Bertz CT molecular complexity index is 1010. The molecular formula is C17H14FN5O2S2. The molecule has 0 unspecified atom stereocenters. The van der Waals surface area contributed by atoms with Gasteiger partial charge in [-0.3, -0.25) is 0 Å². The minimum Gasteiger partial charge on any atom is -0.486 e. The Hall–Kier alpha value is -2.85. The first kappa shape index (κ1) is 17.6. The molecule has 0 spiro atoms. The highest BCUT2D eigenvalue weighted by Gasteiger charge is 2.13. The summed E-state index contributed by atoms with van der Waals surface area (Å²) in [4.78, 5) is 5.44. The van der Waals surface area contributed by atoms with Crippen molar-refractivity contribution in [3.05, 3.63) is 65.4 Å². The maximum atomic E-state index is 12.9. The zero-order chi connectivity index (χ0) is 18.6. The van der Waals surface area contributed by atoms with Gasteiger partial charge in [0.25, 0.3) is 0 Å². The van der Waals surface area contributed by atoms with Crippen molar-refractivity contribution in [1.29, 1.82) is 0 Å². The van der Waals surface area contributed by atoms with Crippen molar-refractivity contribution in [2.24, 2.45) is 0 Å². The minimum absolute atomic E-state index is 0.127. The number of hydrogen-bond donors (Lipinski definition) is 1. The standard InChI is InChI=1S/C17H14FN5O2S2/c18-11-3-5-13(6-4-11)24-9-15-21-22-17(23(15)19)27-10-12-8-25-16(20-12)14-2-1-7-26-14/h1-8H,9-10,19H2. The van der Waals surface area contributed by atoms with Gasteiger partial charge >= 0.3 is 0 Å². The lowest BCUT2D eigenvalue weighted by Crippen LogP contribution is -2.15. The second-order valence-electron chi connectivity index (χ2n) is 5.42. The van der Waals surface area contributed by atoms with Crippen molar-refractivity contribution in [2.45, 2.75) is 17.5 Å². The van der Waals surface area contributed by atoms with Gasteiger partial charge in [0.2, 0.25) is 11.0 Å². The van der Waals surface area contributed by atoms with Gasteiger partial charge in [-0.15, -0.1) is 21.5 Å². The first-order valence-corrected chi connectivity index (χ1v) is 9.74. The van der Waals surface area contributed by atoms with Crippen LogP contribution in [0.15, 0.2) is 57.6 Å². The number of thiophene rings is 1. The molecule has 27 heavy (non-hydrogen) atoms. The van der Waals surface area contributed by atoms with Gasteiger partial charge < -0.3 is 15.0 Å². The lowest BCUT2D eigenvalue weighted by molar-refractivity contribution is 0.291. The Kier molecular flexibility index (Phi) is 5.07. The fourth-order valence-electron chi connectivity index (χ4n) is 2.21. The topological polar surface area (TPSA) is 92.0 Å².